The van der Waals surface area contributed by atoms with Crippen LogP contribution in [0.2, 0.25) is 0 Å². The van der Waals surface area contributed by atoms with Crippen LogP contribution in [0.5, 0.6) is 5.75 Å². The van der Waals surface area contributed by atoms with Gasteiger partial charge in [-0.25, -0.2) is 8.42 Å². The summed E-state index contributed by atoms with van der Waals surface area (Å²) in [5, 5.41) is 0. The number of sulfonamides is 1. The van der Waals surface area contributed by atoms with Gasteiger partial charge in [-0.15, -0.1) is 11.6 Å². The van der Waals surface area contributed by atoms with Crippen LogP contribution >= 0.6 is 11.6 Å². The molecule has 0 fully saturated rings. The average molecular weight is 321 g/mol. The molecular weight excluding hydrogens is 300 g/mol. The lowest BCUT2D eigenvalue weighted by Crippen LogP contribution is -2.19. The van der Waals surface area contributed by atoms with E-state index >= 15 is 0 Å². The Labute approximate surface area is 125 Å². The standard InChI is InChI=1S/C13H21ClN2O3S/c1-16(2)8-9-19-13-6-3-5-12(11-13)15-20(17,18)10-4-7-14/h3,5-6,11,15H,4,7-10H2,1-2H3. The van der Waals surface area contributed by atoms with Crippen molar-refractivity contribution in [1.82, 2.24) is 4.90 Å². The Morgan fingerprint density at radius 1 is 1.35 bits per heavy atom. The molecule has 0 spiro atoms. The van der Waals surface area contributed by atoms with Crippen molar-refractivity contribution in [2.24, 2.45) is 0 Å². The number of ether oxygens (including phenoxy) is 1. The van der Waals surface area contributed by atoms with E-state index in [1.165, 1.54) is 0 Å². The first kappa shape index (κ1) is 17.1. The molecule has 1 aromatic rings. The van der Waals surface area contributed by atoms with Gasteiger partial charge in [-0.2, -0.15) is 0 Å². The zero-order valence-electron chi connectivity index (χ0n) is 11.8. The Hall–Kier alpha value is -0.980. The van der Waals surface area contributed by atoms with Crippen LogP contribution in [0.1, 0.15) is 6.42 Å². The molecule has 0 aliphatic rings. The number of nitrogens with one attached hydrogen (secondary N) is 1. The summed E-state index contributed by atoms with van der Waals surface area (Å²) in [6.45, 7) is 1.35. The summed E-state index contributed by atoms with van der Waals surface area (Å²) in [5.74, 6) is 0.987. The first-order valence-corrected chi connectivity index (χ1v) is 8.56. The summed E-state index contributed by atoms with van der Waals surface area (Å²) in [5.41, 5.74) is 0.502. The highest BCUT2D eigenvalue weighted by Crippen LogP contribution is 2.18. The number of hydrogen-bond acceptors (Lipinski definition) is 4. The third-order valence-electron chi connectivity index (χ3n) is 2.46. The highest BCUT2D eigenvalue weighted by Gasteiger charge is 2.10. The fourth-order valence-electron chi connectivity index (χ4n) is 1.47. The summed E-state index contributed by atoms with van der Waals surface area (Å²) in [6.07, 6.45) is 0.427. The Balaban J connectivity index is 2.59. The zero-order chi connectivity index (χ0) is 15.0. The molecule has 0 unspecified atom stereocenters. The van der Waals surface area contributed by atoms with Gasteiger partial charge in [-0.05, 0) is 32.6 Å². The summed E-state index contributed by atoms with van der Waals surface area (Å²) >= 11 is 5.50. The average Bonchev–Trinajstić information content (AvgIpc) is 2.36. The Kier molecular flexibility index (Phi) is 7.12. The molecule has 0 saturated heterocycles. The second-order valence-electron chi connectivity index (χ2n) is 4.64. The molecule has 1 N–H and O–H groups in total. The Bertz CT molecular complexity index is 506. The summed E-state index contributed by atoms with van der Waals surface area (Å²) < 4.78 is 31.6. The lowest BCUT2D eigenvalue weighted by Gasteiger charge is -2.12. The van der Waals surface area contributed by atoms with Crippen LogP contribution in [0.25, 0.3) is 0 Å². The largest absolute Gasteiger partial charge is 0.492 e. The van der Waals surface area contributed by atoms with Crippen molar-refractivity contribution < 1.29 is 13.2 Å². The van der Waals surface area contributed by atoms with Crippen molar-refractivity contribution in [1.29, 1.82) is 0 Å². The van der Waals surface area contributed by atoms with Gasteiger partial charge in [0.2, 0.25) is 10.0 Å². The minimum absolute atomic E-state index is 0.0161. The molecule has 0 aromatic heterocycles. The highest BCUT2D eigenvalue weighted by atomic mass is 35.5. The van der Waals surface area contributed by atoms with E-state index in [0.29, 0.717) is 30.3 Å². The second kappa shape index (κ2) is 8.34. The maximum Gasteiger partial charge on any atom is 0.232 e. The van der Waals surface area contributed by atoms with E-state index in [2.05, 4.69) is 4.72 Å². The van der Waals surface area contributed by atoms with Crippen LogP contribution in [0.4, 0.5) is 5.69 Å². The molecule has 0 bridgehead atoms. The van der Waals surface area contributed by atoms with Gasteiger partial charge in [-0.3, -0.25) is 4.72 Å². The van der Waals surface area contributed by atoms with E-state index in [4.69, 9.17) is 16.3 Å². The molecule has 0 radical (unpaired) electrons. The summed E-state index contributed by atoms with van der Waals surface area (Å²) in [7, 11) is 0.580. The second-order valence-corrected chi connectivity index (χ2v) is 6.86. The predicted molar refractivity (Wildman–Crippen MR) is 83.2 cm³/mol. The summed E-state index contributed by atoms with van der Waals surface area (Å²) in [6, 6.07) is 6.92. The lowest BCUT2D eigenvalue weighted by atomic mass is 10.3. The van der Waals surface area contributed by atoms with E-state index in [1.807, 2.05) is 19.0 Å². The number of alkyl halides is 1. The Morgan fingerprint density at radius 3 is 2.75 bits per heavy atom. The molecule has 0 saturated carbocycles. The third kappa shape index (κ3) is 6.98. The lowest BCUT2D eigenvalue weighted by molar-refractivity contribution is 0.261. The van der Waals surface area contributed by atoms with Crippen molar-refractivity contribution in [3.05, 3.63) is 24.3 Å². The first-order chi connectivity index (χ1) is 9.43. The molecule has 1 aromatic carbocycles. The molecule has 0 heterocycles. The maximum absolute atomic E-state index is 11.8. The van der Waals surface area contributed by atoms with E-state index < -0.39 is 10.0 Å². The Morgan fingerprint density at radius 2 is 2.10 bits per heavy atom. The molecule has 0 aliphatic carbocycles. The van der Waals surface area contributed by atoms with E-state index in [-0.39, 0.29) is 5.75 Å². The number of rotatable bonds is 9. The number of benzene rings is 1. The summed E-state index contributed by atoms with van der Waals surface area (Å²) in [4.78, 5) is 2.01. The van der Waals surface area contributed by atoms with Crippen LogP contribution in [0.15, 0.2) is 24.3 Å². The molecule has 0 atom stereocenters. The maximum atomic E-state index is 11.8. The molecule has 114 valence electrons. The SMILES string of the molecule is CN(C)CCOc1cccc(NS(=O)(=O)CCCCl)c1. The van der Waals surface area contributed by atoms with Crippen molar-refractivity contribution in [2.75, 3.05) is 43.6 Å². The van der Waals surface area contributed by atoms with Crippen LogP contribution in [0, 0.1) is 0 Å². The van der Waals surface area contributed by atoms with Gasteiger partial charge in [-0.1, -0.05) is 6.07 Å². The number of hydrogen-bond donors (Lipinski definition) is 1. The number of likely N-dealkylation sites (N-methyl/N-ethyl adjacent to an activating group) is 1. The van der Waals surface area contributed by atoms with Crippen LogP contribution in [-0.4, -0.2) is 52.2 Å². The zero-order valence-corrected chi connectivity index (χ0v) is 13.4. The minimum Gasteiger partial charge on any atom is -0.492 e. The fraction of sp³-hybridized carbons (Fsp3) is 0.538. The van der Waals surface area contributed by atoms with Gasteiger partial charge >= 0.3 is 0 Å². The smallest absolute Gasteiger partial charge is 0.232 e. The van der Waals surface area contributed by atoms with Crippen LogP contribution in [-0.2, 0) is 10.0 Å². The number of nitrogens with zero attached hydrogens (tertiary/aromatic N) is 1. The predicted octanol–water partition coefficient (Wildman–Crippen LogP) is 2.00. The topological polar surface area (TPSA) is 58.6 Å². The number of anilines is 1. The molecule has 7 heteroatoms. The quantitative estimate of drug-likeness (QED) is 0.707. The third-order valence-corrected chi connectivity index (χ3v) is 4.10. The van der Waals surface area contributed by atoms with Gasteiger partial charge in [0.1, 0.15) is 12.4 Å². The van der Waals surface area contributed by atoms with Gasteiger partial charge < -0.3 is 9.64 Å². The van der Waals surface area contributed by atoms with Crippen LogP contribution in [0.3, 0.4) is 0 Å². The van der Waals surface area contributed by atoms with Gasteiger partial charge in [0.25, 0.3) is 0 Å². The molecule has 0 aliphatic heterocycles. The van der Waals surface area contributed by atoms with Gasteiger partial charge in [0, 0.05) is 18.5 Å². The molecule has 20 heavy (non-hydrogen) atoms. The van der Waals surface area contributed by atoms with Gasteiger partial charge in [0.15, 0.2) is 0 Å². The molecule has 1 rings (SSSR count). The molecule has 0 amide bonds. The monoisotopic (exact) mass is 320 g/mol. The van der Waals surface area contributed by atoms with Crippen molar-refractivity contribution in [3.63, 3.8) is 0 Å². The van der Waals surface area contributed by atoms with Crippen molar-refractivity contribution in [2.45, 2.75) is 6.42 Å². The van der Waals surface area contributed by atoms with E-state index in [1.54, 1.807) is 24.3 Å². The minimum atomic E-state index is -3.35. The van der Waals surface area contributed by atoms with E-state index in [0.717, 1.165) is 6.54 Å². The van der Waals surface area contributed by atoms with Crippen molar-refractivity contribution in [3.8, 4) is 5.75 Å². The van der Waals surface area contributed by atoms with Gasteiger partial charge in [0.05, 0.1) is 11.4 Å². The first-order valence-electron chi connectivity index (χ1n) is 6.37. The van der Waals surface area contributed by atoms with Crippen LogP contribution < -0.4 is 9.46 Å². The molecule has 5 nitrogen and oxygen atoms in total. The highest BCUT2D eigenvalue weighted by molar-refractivity contribution is 7.92. The van der Waals surface area contributed by atoms with Crippen molar-refractivity contribution >= 4 is 27.3 Å². The normalized spacial score (nSPS) is 11.6. The number of halogens is 1. The molecular formula is C13H21ClN2O3S. The van der Waals surface area contributed by atoms with E-state index in [9.17, 15) is 8.42 Å². The fourth-order valence-corrected chi connectivity index (χ4v) is 2.88.